The second-order valence-corrected chi connectivity index (χ2v) is 3.71. The molecule has 7 heteroatoms. The number of aliphatic hydroxyl groups excluding tert-OH is 1. The number of hydrogen-bond acceptors (Lipinski definition) is 3. The van der Waals surface area contributed by atoms with Gasteiger partial charge in [0, 0.05) is 0 Å². The predicted octanol–water partition coefficient (Wildman–Crippen LogP) is 2.22. The molecule has 0 aliphatic rings. The van der Waals surface area contributed by atoms with E-state index < -0.39 is 30.0 Å². The van der Waals surface area contributed by atoms with Crippen molar-refractivity contribution in [3.8, 4) is 0 Å². The Morgan fingerprint density at radius 1 is 1.44 bits per heavy atom. The van der Waals surface area contributed by atoms with Crippen LogP contribution < -0.4 is 5.73 Å². The predicted molar refractivity (Wildman–Crippen MR) is 56.5 cm³/mol. The lowest BCUT2D eigenvalue weighted by Gasteiger charge is -2.19. The van der Waals surface area contributed by atoms with Gasteiger partial charge >= 0.3 is 12.3 Å². The molecule has 2 atom stereocenters. The maximum Gasteiger partial charge on any atom is 0.416 e. The van der Waals surface area contributed by atoms with Crippen LogP contribution in [0.1, 0.15) is 24.2 Å². The fraction of sp³-hybridized carbons (Fsp3) is 0.364. The first-order valence-electron chi connectivity index (χ1n) is 5.03. The largest absolute Gasteiger partial charge is 0.444 e. The van der Waals surface area contributed by atoms with E-state index in [2.05, 4.69) is 4.74 Å². The molecule has 0 fully saturated rings. The van der Waals surface area contributed by atoms with E-state index in [-0.39, 0.29) is 5.56 Å². The summed E-state index contributed by atoms with van der Waals surface area (Å²) in [7, 11) is 0. The van der Waals surface area contributed by atoms with Crippen molar-refractivity contribution in [2.45, 2.75) is 25.3 Å². The molecule has 0 aliphatic carbocycles. The summed E-state index contributed by atoms with van der Waals surface area (Å²) in [6.45, 7) is 1.33. The van der Waals surface area contributed by atoms with Crippen LogP contribution in [0, 0.1) is 0 Å². The number of primary amides is 1. The van der Waals surface area contributed by atoms with E-state index in [1.165, 1.54) is 19.1 Å². The summed E-state index contributed by atoms with van der Waals surface area (Å²) in [5, 5.41) is 9.73. The quantitative estimate of drug-likeness (QED) is 0.878. The van der Waals surface area contributed by atoms with E-state index in [0.29, 0.717) is 0 Å². The van der Waals surface area contributed by atoms with Crippen molar-refractivity contribution in [3.63, 3.8) is 0 Å². The Morgan fingerprint density at radius 3 is 2.56 bits per heavy atom. The zero-order valence-corrected chi connectivity index (χ0v) is 9.44. The Morgan fingerprint density at radius 2 is 2.06 bits per heavy atom. The Labute approximate surface area is 101 Å². The molecule has 0 aromatic heterocycles. The van der Waals surface area contributed by atoms with E-state index in [0.717, 1.165) is 12.1 Å². The highest BCUT2D eigenvalue weighted by Crippen LogP contribution is 2.31. The lowest BCUT2D eigenvalue weighted by atomic mass is 10.0. The van der Waals surface area contributed by atoms with Gasteiger partial charge in [0.05, 0.1) is 5.56 Å². The molecule has 1 aromatic carbocycles. The Hall–Kier alpha value is -1.76. The first-order valence-corrected chi connectivity index (χ1v) is 5.03. The molecule has 0 heterocycles. The molecule has 0 saturated heterocycles. The maximum absolute atomic E-state index is 12.5. The number of alkyl halides is 3. The van der Waals surface area contributed by atoms with Crippen molar-refractivity contribution in [2.24, 2.45) is 5.73 Å². The number of halogens is 3. The number of carbonyl (C=O) groups excluding carboxylic acids is 1. The molecule has 4 nitrogen and oxygen atoms in total. The zero-order chi connectivity index (χ0) is 13.9. The highest BCUT2D eigenvalue weighted by molar-refractivity contribution is 5.64. The minimum absolute atomic E-state index is 0.00132. The molecular formula is C11H12F3NO3. The van der Waals surface area contributed by atoms with Crippen LogP contribution in [-0.2, 0) is 10.9 Å². The average Bonchev–Trinajstić information content (AvgIpc) is 2.26. The van der Waals surface area contributed by atoms with Gasteiger partial charge in [-0.3, -0.25) is 0 Å². The van der Waals surface area contributed by atoms with Crippen LogP contribution in [0.25, 0.3) is 0 Å². The molecule has 100 valence electrons. The van der Waals surface area contributed by atoms with Crippen molar-refractivity contribution in [3.05, 3.63) is 35.4 Å². The maximum atomic E-state index is 12.5. The van der Waals surface area contributed by atoms with Gasteiger partial charge in [0.1, 0.15) is 12.2 Å². The molecule has 1 rings (SSSR count). The highest BCUT2D eigenvalue weighted by Gasteiger charge is 2.31. The van der Waals surface area contributed by atoms with Gasteiger partial charge in [-0.1, -0.05) is 12.1 Å². The lowest BCUT2D eigenvalue weighted by Crippen LogP contribution is -2.26. The van der Waals surface area contributed by atoms with Crippen LogP contribution in [0.4, 0.5) is 18.0 Å². The second kappa shape index (κ2) is 5.26. The number of benzene rings is 1. The zero-order valence-electron chi connectivity index (χ0n) is 9.44. The lowest BCUT2D eigenvalue weighted by molar-refractivity contribution is -0.137. The number of carbonyl (C=O) groups is 1. The molecule has 0 unspecified atom stereocenters. The van der Waals surface area contributed by atoms with Crippen LogP contribution in [0.3, 0.4) is 0 Å². The van der Waals surface area contributed by atoms with Gasteiger partial charge in [-0.25, -0.2) is 4.79 Å². The second-order valence-electron chi connectivity index (χ2n) is 3.71. The molecular weight excluding hydrogens is 251 g/mol. The van der Waals surface area contributed by atoms with Gasteiger partial charge in [0.15, 0.2) is 0 Å². The van der Waals surface area contributed by atoms with E-state index in [9.17, 15) is 23.1 Å². The summed E-state index contributed by atoms with van der Waals surface area (Å²) in [6.07, 6.45) is -8.01. The molecule has 0 saturated carbocycles. The SMILES string of the molecule is C[C@H](OC(N)=O)[C@@H](O)c1cccc(C(F)(F)F)c1. The van der Waals surface area contributed by atoms with Crippen LogP contribution in [-0.4, -0.2) is 17.3 Å². The highest BCUT2D eigenvalue weighted by atomic mass is 19.4. The molecule has 0 spiro atoms. The van der Waals surface area contributed by atoms with Gasteiger partial charge in [-0.15, -0.1) is 0 Å². The minimum Gasteiger partial charge on any atom is -0.444 e. The summed E-state index contributed by atoms with van der Waals surface area (Å²) in [5.41, 5.74) is 3.87. The summed E-state index contributed by atoms with van der Waals surface area (Å²) >= 11 is 0. The van der Waals surface area contributed by atoms with Gasteiger partial charge < -0.3 is 15.6 Å². The Balaban J connectivity index is 2.93. The van der Waals surface area contributed by atoms with Crippen LogP contribution in [0.15, 0.2) is 24.3 Å². The van der Waals surface area contributed by atoms with Crippen molar-refractivity contribution in [1.82, 2.24) is 0 Å². The van der Waals surface area contributed by atoms with E-state index >= 15 is 0 Å². The monoisotopic (exact) mass is 263 g/mol. The third kappa shape index (κ3) is 3.63. The number of rotatable bonds is 3. The summed E-state index contributed by atoms with van der Waals surface area (Å²) in [5.74, 6) is 0. The topological polar surface area (TPSA) is 72.5 Å². The van der Waals surface area contributed by atoms with Crippen molar-refractivity contribution in [2.75, 3.05) is 0 Å². The molecule has 3 N–H and O–H groups in total. The van der Waals surface area contributed by atoms with Gasteiger partial charge in [0.2, 0.25) is 0 Å². The van der Waals surface area contributed by atoms with Crippen LogP contribution >= 0.6 is 0 Å². The first-order chi connectivity index (χ1) is 8.21. The first kappa shape index (κ1) is 14.3. The normalized spacial score (nSPS) is 14.9. The standard InChI is InChI=1S/C11H12F3NO3/c1-6(18-10(15)17)9(16)7-3-2-4-8(5-7)11(12,13)14/h2-6,9,16H,1H3,(H2,15,17)/t6-,9+/m0/s1. The fourth-order valence-corrected chi connectivity index (χ4v) is 1.42. The Kier molecular flexibility index (Phi) is 4.18. The smallest absolute Gasteiger partial charge is 0.416 e. The molecule has 0 bridgehead atoms. The van der Waals surface area contributed by atoms with E-state index in [1.54, 1.807) is 0 Å². The number of ether oxygens (including phenoxy) is 1. The van der Waals surface area contributed by atoms with Crippen molar-refractivity contribution >= 4 is 6.09 Å². The number of nitrogens with two attached hydrogens (primary N) is 1. The molecule has 18 heavy (non-hydrogen) atoms. The number of amides is 1. The van der Waals surface area contributed by atoms with Crippen LogP contribution in [0.2, 0.25) is 0 Å². The molecule has 0 aliphatic heterocycles. The van der Waals surface area contributed by atoms with Gasteiger partial charge in [-0.2, -0.15) is 13.2 Å². The minimum atomic E-state index is -4.50. The van der Waals surface area contributed by atoms with Crippen molar-refractivity contribution in [1.29, 1.82) is 0 Å². The number of aliphatic hydroxyl groups is 1. The summed E-state index contributed by atoms with van der Waals surface area (Å²) < 4.78 is 41.9. The van der Waals surface area contributed by atoms with Crippen molar-refractivity contribution < 1.29 is 27.8 Å². The average molecular weight is 263 g/mol. The summed E-state index contributed by atoms with van der Waals surface area (Å²) in [6, 6.07) is 4.15. The van der Waals surface area contributed by atoms with Gasteiger partial charge in [0.25, 0.3) is 0 Å². The summed E-state index contributed by atoms with van der Waals surface area (Å²) in [4.78, 5) is 10.5. The third-order valence-corrected chi connectivity index (χ3v) is 2.30. The fourth-order valence-electron chi connectivity index (χ4n) is 1.42. The molecule has 0 radical (unpaired) electrons. The van der Waals surface area contributed by atoms with Gasteiger partial charge in [-0.05, 0) is 24.6 Å². The van der Waals surface area contributed by atoms with Crippen LogP contribution in [0.5, 0.6) is 0 Å². The van der Waals surface area contributed by atoms with E-state index in [1.807, 2.05) is 0 Å². The number of hydrogen-bond donors (Lipinski definition) is 2. The molecule has 1 aromatic rings. The third-order valence-electron chi connectivity index (χ3n) is 2.30. The van der Waals surface area contributed by atoms with E-state index in [4.69, 9.17) is 5.73 Å². The Bertz CT molecular complexity index is 434. The molecule has 1 amide bonds.